The minimum absolute atomic E-state index is 0.225. The third-order valence-corrected chi connectivity index (χ3v) is 5.51. The number of para-hydroxylation sites is 1. The van der Waals surface area contributed by atoms with Crippen LogP contribution in [0.15, 0.2) is 46.9 Å². The highest BCUT2D eigenvalue weighted by Gasteiger charge is 2.18. The van der Waals surface area contributed by atoms with Crippen LogP contribution in [-0.2, 0) is 0 Å². The molecule has 0 atom stereocenters. The average molecular weight is 397 g/mol. The summed E-state index contributed by atoms with van der Waals surface area (Å²) in [5.41, 5.74) is 0.707. The van der Waals surface area contributed by atoms with E-state index in [0.717, 1.165) is 20.3 Å². The number of hydrogen-bond acceptors (Lipinski definition) is 3. The van der Waals surface area contributed by atoms with Gasteiger partial charge in [0.15, 0.2) is 0 Å². The number of thiophene rings is 1. The molecule has 0 aliphatic heterocycles. The van der Waals surface area contributed by atoms with E-state index in [-0.39, 0.29) is 5.91 Å². The highest BCUT2D eigenvalue weighted by Crippen LogP contribution is 2.37. The van der Waals surface area contributed by atoms with Crippen LogP contribution in [0.3, 0.4) is 0 Å². The van der Waals surface area contributed by atoms with Crippen molar-refractivity contribution < 1.29 is 9.53 Å². The largest absolute Gasteiger partial charge is 0.497 e. The maximum Gasteiger partial charge on any atom is 0.267 e. The van der Waals surface area contributed by atoms with E-state index in [0.29, 0.717) is 15.6 Å². The number of ether oxygens (including phenoxy) is 1. The first kappa shape index (κ1) is 15.3. The molecule has 1 aromatic heterocycles. The number of carbonyl (C=O) groups excluding carboxylic acids is 1. The number of fused-ring (bicyclic) bond motifs is 1. The molecule has 2 aromatic carbocycles. The van der Waals surface area contributed by atoms with Gasteiger partial charge in [-0.1, -0.05) is 23.7 Å². The van der Waals surface area contributed by atoms with Crippen LogP contribution in [0.2, 0.25) is 5.02 Å². The van der Waals surface area contributed by atoms with Gasteiger partial charge in [-0.2, -0.15) is 0 Å². The monoisotopic (exact) mass is 395 g/mol. The third kappa shape index (κ3) is 2.84. The smallest absolute Gasteiger partial charge is 0.267 e. The summed E-state index contributed by atoms with van der Waals surface area (Å²) in [4.78, 5) is 13.0. The van der Waals surface area contributed by atoms with Crippen LogP contribution in [0.25, 0.3) is 10.1 Å². The van der Waals surface area contributed by atoms with Crippen molar-refractivity contribution in [1.29, 1.82) is 0 Å². The van der Waals surface area contributed by atoms with Gasteiger partial charge in [0.05, 0.1) is 17.8 Å². The topological polar surface area (TPSA) is 38.3 Å². The second-order valence-electron chi connectivity index (χ2n) is 4.54. The SMILES string of the molecule is COc1ccc2c(Cl)c(C(=O)Nc3ccccc3Br)sc2c1. The molecule has 0 aliphatic carbocycles. The van der Waals surface area contributed by atoms with E-state index in [1.807, 2.05) is 42.5 Å². The van der Waals surface area contributed by atoms with Gasteiger partial charge < -0.3 is 10.1 Å². The summed E-state index contributed by atoms with van der Waals surface area (Å²) in [5, 5.41) is 4.18. The maximum atomic E-state index is 12.5. The fraction of sp³-hybridized carbons (Fsp3) is 0.0625. The molecule has 3 rings (SSSR count). The van der Waals surface area contributed by atoms with Gasteiger partial charge in [-0.05, 0) is 46.3 Å². The first-order valence-electron chi connectivity index (χ1n) is 6.42. The molecule has 0 saturated carbocycles. The van der Waals surface area contributed by atoms with E-state index in [2.05, 4.69) is 21.2 Å². The summed E-state index contributed by atoms with van der Waals surface area (Å²) < 4.78 is 6.94. The van der Waals surface area contributed by atoms with Gasteiger partial charge in [-0.15, -0.1) is 11.3 Å². The van der Waals surface area contributed by atoms with E-state index in [1.54, 1.807) is 7.11 Å². The predicted molar refractivity (Wildman–Crippen MR) is 95.5 cm³/mol. The first-order chi connectivity index (χ1) is 10.6. The summed E-state index contributed by atoms with van der Waals surface area (Å²) >= 11 is 11.1. The van der Waals surface area contributed by atoms with Gasteiger partial charge in [0.1, 0.15) is 10.6 Å². The average Bonchev–Trinajstić information content (AvgIpc) is 2.86. The minimum Gasteiger partial charge on any atom is -0.497 e. The Balaban J connectivity index is 1.97. The Morgan fingerprint density at radius 2 is 2.05 bits per heavy atom. The minimum atomic E-state index is -0.225. The molecule has 0 bridgehead atoms. The zero-order valence-corrected chi connectivity index (χ0v) is 14.7. The second kappa shape index (κ2) is 6.28. The molecule has 0 spiro atoms. The molecule has 3 aromatic rings. The Morgan fingerprint density at radius 1 is 1.27 bits per heavy atom. The van der Waals surface area contributed by atoms with Crippen molar-refractivity contribution in [2.45, 2.75) is 0 Å². The van der Waals surface area contributed by atoms with Crippen LogP contribution in [0.4, 0.5) is 5.69 Å². The van der Waals surface area contributed by atoms with Crippen molar-refractivity contribution in [2.24, 2.45) is 0 Å². The molecule has 0 unspecified atom stereocenters. The molecule has 112 valence electrons. The first-order valence-corrected chi connectivity index (χ1v) is 8.41. The van der Waals surface area contributed by atoms with E-state index in [9.17, 15) is 4.79 Å². The lowest BCUT2D eigenvalue weighted by molar-refractivity contribution is 0.103. The number of benzene rings is 2. The van der Waals surface area contributed by atoms with Crippen molar-refractivity contribution >= 4 is 60.5 Å². The van der Waals surface area contributed by atoms with Gasteiger partial charge in [-0.3, -0.25) is 4.79 Å². The molecule has 0 saturated heterocycles. The van der Waals surface area contributed by atoms with Gasteiger partial charge >= 0.3 is 0 Å². The number of nitrogens with one attached hydrogen (secondary N) is 1. The Morgan fingerprint density at radius 3 is 2.77 bits per heavy atom. The lowest BCUT2D eigenvalue weighted by Gasteiger charge is -2.05. The Bertz CT molecular complexity index is 862. The number of anilines is 1. The maximum absolute atomic E-state index is 12.5. The Labute approximate surface area is 145 Å². The van der Waals surface area contributed by atoms with E-state index >= 15 is 0 Å². The van der Waals surface area contributed by atoms with Crippen LogP contribution in [0.5, 0.6) is 5.75 Å². The molecule has 22 heavy (non-hydrogen) atoms. The van der Waals surface area contributed by atoms with Crippen LogP contribution in [0.1, 0.15) is 9.67 Å². The zero-order valence-electron chi connectivity index (χ0n) is 11.5. The second-order valence-corrected chi connectivity index (χ2v) is 6.83. The zero-order chi connectivity index (χ0) is 15.7. The van der Waals surface area contributed by atoms with Gasteiger partial charge in [-0.25, -0.2) is 0 Å². The number of halogens is 2. The Kier molecular flexibility index (Phi) is 4.38. The van der Waals surface area contributed by atoms with Crippen molar-refractivity contribution in [3.8, 4) is 5.75 Å². The van der Waals surface area contributed by atoms with Crippen LogP contribution >= 0.6 is 38.9 Å². The summed E-state index contributed by atoms with van der Waals surface area (Å²) in [6.07, 6.45) is 0. The van der Waals surface area contributed by atoms with E-state index in [4.69, 9.17) is 16.3 Å². The number of rotatable bonds is 3. The van der Waals surface area contributed by atoms with Crippen molar-refractivity contribution in [2.75, 3.05) is 12.4 Å². The fourth-order valence-electron chi connectivity index (χ4n) is 2.06. The molecule has 0 fully saturated rings. The molecule has 1 amide bonds. The number of hydrogen-bond donors (Lipinski definition) is 1. The number of amides is 1. The highest BCUT2D eigenvalue weighted by atomic mass is 79.9. The van der Waals surface area contributed by atoms with Gasteiger partial charge in [0, 0.05) is 14.6 Å². The molecule has 0 aliphatic rings. The predicted octanol–water partition coefficient (Wildman–Crippen LogP) is 5.58. The van der Waals surface area contributed by atoms with Crippen molar-refractivity contribution in [3.05, 3.63) is 56.8 Å². The van der Waals surface area contributed by atoms with Crippen molar-refractivity contribution in [1.82, 2.24) is 0 Å². The third-order valence-electron chi connectivity index (χ3n) is 3.16. The normalized spacial score (nSPS) is 10.7. The molecular formula is C16H11BrClNO2S. The molecule has 3 nitrogen and oxygen atoms in total. The summed E-state index contributed by atoms with van der Waals surface area (Å²) in [6, 6.07) is 13.0. The summed E-state index contributed by atoms with van der Waals surface area (Å²) in [7, 11) is 1.61. The fourth-order valence-corrected chi connectivity index (χ4v) is 3.88. The lowest BCUT2D eigenvalue weighted by Crippen LogP contribution is -2.10. The van der Waals surface area contributed by atoms with Crippen molar-refractivity contribution in [3.63, 3.8) is 0 Å². The summed E-state index contributed by atoms with van der Waals surface area (Å²) in [5.74, 6) is 0.514. The standard InChI is InChI=1S/C16H11BrClNO2S/c1-21-9-6-7-10-13(8-9)22-15(14(10)18)16(20)19-12-5-3-2-4-11(12)17/h2-8H,1H3,(H,19,20). The highest BCUT2D eigenvalue weighted by molar-refractivity contribution is 9.10. The Hall–Kier alpha value is -1.56. The van der Waals surface area contributed by atoms with Crippen LogP contribution in [0, 0.1) is 0 Å². The molecule has 1 heterocycles. The van der Waals surface area contributed by atoms with Crippen LogP contribution in [-0.4, -0.2) is 13.0 Å². The quantitative estimate of drug-likeness (QED) is 0.628. The molecule has 6 heteroatoms. The lowest BCUT2D eigenvalue weighted by atomic mass is 10.2. The number of methoxy groups -OCH3 is 1. The van der Waals surface area contributed by atoms with Gasteiger partial charge in [0.25, 0.3) is 5.91 Å². The molecular weight excluding hydrogens is 386 g/mol. The van der Waals surface area contributed by atoms with Gasteiger partial charge in [0.2, 0.25) is 0 Å². The molecule has 0 radical (unpaired) electrons. The van der Waals surface area contributed by atoms with E-state index < -0.39 is 0 Å². The number of carbonyl (C=O) groups is 1. The summed E-state index contributed by atoms with van der Waals surface area (Å²) in [6.45, 7) is 0. The van der Waals surface area contributed by atoms with E-state index in [1.165, 1.54) is 11.3 Å². The molecule has 1 N–H and O–H groups in total. The van der Waals surface area contributed by atoms with Crippen LogP contribution < -0.4 is 10.1 Å².